The first-order valence-corrected chi connectivity index (χ1v) is 12.3. The molecule has 1 fully saturated rings. The number of amides is 1. The molecule has 1 heterocycles. The molecule has 4 rings (SSSR count). The minimum Gasteiger partial charge on any atom is -0.372 e. The topological polar surface area (TPSA) is 78.5 Å². The van der Waals surface area contributed by atoms with Crippen molar-refractivity contribution in [2.45, 2.75) is 30.7 Å². The summed E-state index contributed by atoms with van der Waals surface area (Å²) in [5.74, 6) is -0.351. The molecule has 0 saturated carbocycles. The monoisotopic (exact) mass is 449 g/mol. The van der Waals surface area contributed by atoms with E-state index in [-0.39, 0.29) is 22.9 Å². The van der Waals surface area contributed by atoms with Gasteiger partial charge in [-0.15, -0.1) is 0 Å². The van der Waals surface area contributed by atoms with Crippen LogP contribution in [-0.4, -0.2) is 27.4 Å². The second-order valence-corrected chi connectivity index (χ2v) is 9.65. The standard InChI is InChI=1S/C25H27N3O3S/c29-25(27-22-12-14-23(15-13-22)28-16-5-2-6-17-28)21-10-7-11-24(18-21)32(30,31)26-19-20-8-3-1-4-9-20/h1,3-4,7-15,18,26H,2,5-6,16-17,19H2,(H,27,29). The van der Waals surface area contributed by atoms with E-state index in [0.717, 1.165) is 24.3 Å². The summed E-state index contributed by atoms with van der Waals surface area (Å²) in [4.78, 5) is 15.1. The molecule has 7 heteroatoms. The van der Waals surface area contributed by atoms with E-state index in [1.165, 1.54) is 31.4 Å². The second-order valence-electron chi connectivity index (χ2n) is 7.89. The zero-order valence-corrected chi connectivity index (χ0v) is 18.6. The summed E-state index contributed by atoms with van der Waals surface area (Å²) in [5, 5.41) is 2.85. The molecule has 6 nitrogen and oxygen atoms in total. The van der Waals surface area contributed by atoms with Gasteiger partial charge in [0.15, 0.2) is 0 Å². The van der Waals surface area contributed by atoms with Crippen molar-refractivity contribution in [3.8, 4) is 0 Å². The molecule has 32 heavy (non-hydrogen) atoms. The third-order valence-corrected chi connectivity index (χ3v) is 6.96. The zero-order valence-electron chi connectivity index (χ0n) is 17.8. The van der Waals surface area contributed by atoms with Crippen LogP contribution in [0.25, 0.3) is 0 Å². The maximum Gasteiger partial charge on any atom is 0.255 e. The molecule has 1 amide bonds. The van der Waals surface area contributed by atoms with Crippen molar-refractivity contribution in [1.29, 1.82) is 0 Å². The van der Waals surface area contributed by atoms with E-state index in [1.54, 1.807) is 12.1 Å². The number of sulfonamides is 1. The van der Waals surface area contributed by atoms with Gasteiger partial charge in [0, 0.05) is 36.6 Å². The highest BCUT2D eigenvalue weighted by Crippen LogP contribution is 2.22. The van der Waals surface area contributed by atoms with Crippen molar-refractivity contribution in [3.05, 3.63) is 90.0 Å². The van der Waals surface area contributed by atoms with Gasteiger partial charge in [0.2, 0.25) is 10.0 Å². The Balaban J connectivity index is 1.41. The maximum atomic E-state index is 12.7. The Hall–Kier alpha value is -3.16. The number of carbonyl (C=O) groups is 1. The van der Waals surface area contributed by atoms with Crippen molar-refractivity contribution in [2.75, 3.05) is 23.3 Å². The summed E-state index contributed by atoms with van der Waals surface area (Å²) in [5.41, 5.74) is 2.97. The van der Waals surface area contributed by atoms with E-state index in [4.69, 9.17) is 0 Å². The van der Waals surface area contributed by atoms with Crippen LogP contribution in [0.15, 0.2) is 83.8 Å². The summed E-state index contributed by atoms with van der Waals surface area (Å²) in [6.07, 6.45) is 3.69. The lowest BCUT2D eigenvalue weighted by Gasteiger charge is -2.28. The Bertz CT molecular complexity index is 1160. The average Bonchev–Trinajstić information content (AvgIpc) is 2.84. The van der Waals surface area contributed by atoms with Gasteiger partial charge in [-0.05, 0) is 67.3 Å². The fourth-order valence-electron chi connectivity index (χ4n) is 3.77. The SMILES string of the molecule is O=C(Nc1ccc(N2CCCCC2)cc1)c1cccc(S(=O)(=O)NCc2ccccc2)c1. The molecule has 1 saturated heterocycles. The van der Waals surface area contributed by atoms with Crippen LogP contribution in [0, 0.1) is 0 Å². The Morgan fingerprint density at radius 3 is 2.28 bits per heavy atom. The lowest BCUT2D eigenvalue weighted by Crippen LogP contribution is -2.29. The number of rotatable bonds is 7. The average molecular weight is 450 g/mol. The summed E-state index contributed by atoms with van der Waals surface area (Å²) in [6, 6.07) is 23.1. The number of piperidine rings is 1. The third-order valence-electron chi connectivity index (χ3n) is 5.56. The molecule has 0 spiro atoms. The van der Waals surface area contributed by atoms with Gasteiger partial charge in [-0.2, -0.15) is 0 Å². The first kappa shape index (κ1) is 22.0. The highest BCUT2D eigenvalue weighted by atomic mass is 32.2. The highest BCUT2D eigenvalue weighted by molar-refractivity contribution is 7.89. The van der Waals surface area contributed by atoms with E-state index in [9.17, 15) is 13.2 Å². The normalized spacial score (nSPS) is 14.2. The van der Waals surface area contributed by atoms with Gasteiger partial charge in [0.25, 0.3) is 5.91 Å². The molecular formula is C25H27N3O3S. The van der Waals surface area contributed by atoms with E-state index in [2.05, 4.69) is 14.9 Å². The van der Waals surface area contributed by atoms with E-state index < -0.39 is 10.0 Å². The van der Waals surface area contributed by atoms with Crippen LogP contribution < -0.4 is 14.9 Å². The third kappa shape index (κ3) is 5.55. The maximum absolute atomic E-state index is 12.7. The first-order chi connectivity index (χ1) is 15.5. The molecule has 2 N–H and O–H groups in total. The summed E-state index contributed by atoms with van der Waals surface area (Å²) in [7, 11) is -3.74. The van der Waals surface area contributed by atoms with Gasteiger partial charge < -0.3 is 10.2 Å². The van der Waals surface area contributed by atoms with Crippen molar-refractivity contribution < 1.29 is 13.2 Å². The minimum absolute atomic E-state index is 0.0570. The fourth-order valence-corrected chi connectivity index (χ4v) is 4.84. The highest BCUT2D eigenvalue weighted by Gasteiger charge is 2.17. The number of benzene rings is 3. The fraction of sp³-hybridized carbons (Fsp3) is 0.240. The molecule has 3 aromatic rings. The van der Waals surface area contributed by atoms with E-state index in [0.29, 0.717) is 5.69 Å². The van der Waals surface area contributed by atoms with Gasteiger partial charge in [0.05, 0.1) is 4.90 Å². The van der Waals surface area contributed by atoms with Crippen molar-refractivity contribution in [1.82, 2.24) is 4.72 Å². The molecule has 0 unspecified atom stereocenters. The second kappa shape index (κ2) is 9.97. The van der Waals surface area contributed by atoms with Gasteiger partial charge in [-0.25, -0.2) is 13.1 Å². The molecule has 0 atom stereocenters. The molecule has 166 valence electrons. The summed E-state index contributed by atoms with van der Waals surface area (Å²) < 4.78 is 27.9. The lowest BCUT2D eigenvalue weighted by atomic mass is 10.1. The van der Waals surface area contributed by atoms with Crippen LogP contribution in [0.3, 0.4) is 0 Å². The molecule has 1 aliphatic heterocycles. The summed E-state index contributed by atoms with van der Waals surface area (Å²) >= 11 is 0. The van der Waals surface area contributed by atoms with Crippen LogP contribution in [0.1, 0.15) is 35.2 Å². The van der Waals surface area contributed by atoms with Crippen LogP contribution in [0.4, 0.5) is 11.4 Å². The number of hydrogen-bond donors (Lipinski definition) is 2. The molecule has 0 bridgehead atoms. The summed E-state index contributed by atoms with van der Waals surface area (Å²) in [6.45, 7) is 2.31. The van der Waals surface area contributed by atoms with Crippen LogP contribution in [-0.2, 0) is 16.6 Å². The van der Waals surface area contributed by atoms with Gasteiger partial charge >= 0.3 is 0 Å². The van der Waals surface area contributed by atoms with Gasteiger partial charge in [0.1, 0.15) is 0 Å². The largest absolute Gasteiger partial charge is 0.372 e. The molecule has 0 radical (unpaired) electrons. The Kier molecular flexibility index (Phi) is 6.87. The lowest BCUT2D eigenvalue weighted by molar-refractivity contribution is 0.102. The number of carbonyl (C=O) groups excluding carboxylic acids is 1. The van der Waals surface area contributed by atoms with E-state index >= 15 is 0 Å². The van der Waals surface area contributed by atoms with Crippen LogP contribution in [0.2, 0.25) is 0 Å². The van der Waals surface area contributed by atoms with Crippen LogP contribution >= 0.6 is 0 Å². The van der Waals surface area contributed by atoms with Crippen LogP contribution in [0.5, 0.6) is 0 Å². The predicted molar refractivity (Wildman–Crippen MR) is 127 cm³/mol. The Morgan fingerprint density at radius 2 is 1.56 bits per heavy atom. The molecule has 1 aliphatic rings. The van der Waals surface area contributed by atoms with Crippen molar-refractivity contribution in [3.63, 3.8) is 0 Å². The number of anilines is 2. The molecule has 0 aliphatic carbocycles. The predicted octanol–water partition coefficient (Wildman–Crippen LogP) is 4.41. The van der Waals surface area contributed by atoms with Gasteiger partial charge in [-0.1, -0.05) is 36.4 Å². The van der Waals surface area contributed by atoms with E-state index in [1.807, 2.05) is 54.6 Å². The first-order valence-electron chi connectivity index (χ1n) is 10.8. The van der Waals surface area contributed by atoms with Crippen molar-refractivity contribution in [2.24, 2.45) is 0 Å². The number of nitrogens with one attached hydrogen (secondary N) is 2. The smallest absolute Gasteiger partial charge is 0.255 e. The number of nitrogens with zero attached hydrogens (tertiary/aromatic N) is 1. The van der Waals surface area contributed by atoms with Crippen molar-refractivity contribution >= 4 is 27.3 Å². The Morgan fingerprint density at radius 1 is 0.844 bits per heavy atom. The zero-order chi connectivity index (χ0) is 22.4. The molecule has 3 aromatic carbocycles. The molecular weight excluding hydrogens is 422 g/mol. The van der Waals surface area contributed by atoms with Gasteiger partial charge in [-0.3, -0.25) is 4.79 Å². The number of hydrogen-bond acceptors (Lipinski definition) is 4. The quantitative estimate of drug-likeness (QED) is 0.560. The molecule has 0 aromatic heterocycles. The minimum atomic E-state index is -3.74. The Labute approximate surface area is 189 Å².